The van der Waals surface area contributed by atoms with E-state index in [1.165, 1.54) is 6.92 Å². The normalized spacial score (nSPS) is 9.62. The molecule has 0 fully saturated rings. The van der Waals surface area contributed by atoms with E-state index < -0.39 is 0 Å². The number of rotatable bonds is 5. The first-order valence-corrected chi connectivity index (χ1v) is 5.08. The van der Waals surface area contributed by atoms with Crippen molar-refractivity contribution in [2.75, 3.05) is 13.7 Å². The van der Waals surface area contributed by atoms with Crippen molar-refractivity contribution in [2.24, 2.45) is 0 Å². The van der Waals surface area contributed by atoms with Crippen LogP contribution < -0.4 is 10.1 Å². The fourth-order valence-electron chi connectivity index (χ4n) is 1.26. The van der Waals surface area contributed by atoms with Gasteiger partial charge >= 0.3 is 0 Å². The van der Waals surface area contributed by atoms with Crippen molar-refractivity contribution in [3.05, 3.63) is 29.8 Å². The maximum absolute atomic E-state index is 11.3. The Morgan fingerprint density at radius 2 is 2.00 bits per heavy atom. The summed E-state index contributed by atoms with van der Waals surface area (Å²) in [5.74, 6) is 0.398. The lowest BCUT2D eigenvalue weighted by atomic mass is 10.1. The second-order valence-corrected chi connectivity index (χ2v) is 3.32. The molecule has 0 bridgehead atoms. The molecular weight excluding hydrogens is 206 g/mol. The smallest absolute Gasteiger partial charge is 0.223 e. The zero-order valence-corrected chi connectivity index (χ0v) is 9.45. The van der Waals surface area contributed by atoms with E-state index in [4.69, 9.17) is 4.74 Å². The molecule has 0 aliphatic rings. The summed E-state index contributed by atoms with van der Waals surface area (Å²) < 4.78 is 5.39. The third-order valence-corrected chi connectivity index (χ3v) is 2.13. The van der Waals surface area contributed by atoms with E-state index in [0.717, 1.165) is 0 Å². The Bertz CT molecular complexity index is 388. The summed E-state index contributed by atoms with van der Waals surface area (Å²) >= 11 is 0. The molecule has 1 aromatic carbocycles. The zero-order valence-electron chi connectivity index (χ0n) is 9.45. The monoisotopic (exact) mass is 221 g/mol. The van der Waals surface area contributed by atoms with Crippen molar-refractivity contribution in [2.45, 2.75) is 13.3 Å². The van der Waals surface area contributed by atoms with Gasteiger partial charge in [0.05, 0.1) is 18.6 Å². The highest BCUT2D eigenvalue weighted by molar-refractivity contribution is 5.96. The van der Waals surface area contributed by atoms with E-state index in [2.05, 4.69) is 5.32 Å². The van der Waals surface area contributed by atoms with Gasteiger partial charge in [-0.15, -0.1) is 0 Å². The number of nitrogens with one attached hydrogen (secondary N) is 1. The van der Waals surface area contributed by atoms with Crippen LogP contribution in [0.4, 0.5) is 0 Å². The second kappa shape index (κ2) is 5.90. The minimum absolute atomic E-state index is 0.0458. The molecule has 0 saturated heterocycles. The van der Waals surface area contributed by atoms with Crippen LogP contribution in [0.5, 0.6) is 5.75 Å². The third-order valence-electron chi connectivity index (χ3n) is 2.13. The maximum Gasteiger partial charge on any atom is 0.223 e. The van der Waals surface area contributed by atoms with Gasteiger partial charge in [-0.1, -0.05) is 12.1 Å². The standard InChI is InChI=1S/C12H15NO3/c1-9(14)10-5-3-4-6-11(10)16-8-7-12(15)13-2/h3-6H,7-8H2,1-2H3,(H,13,15). The SMILES string of the molecule is CNC(=O)CCOc1ccccc1C(C)=O. The van der Waals surface area contributed by atoms with E-state index in [9.17, 15) is 9.59 Å². The van der Waals surface area contributed by atoms with Crippen LogP contribution in [0.2, 0.25) is 0 Å². The minimum atomic E-state index is -0.0830. The molecule has 16 heavy (non-hydrogen) atoms. The van der Waals surface area contributed by atoms with Gasteiger partial charge in [-0.25, -0.2) is 0 Å². The minimum Gasteiger partial charge on any atom is -0.492 e. The second-order valence-electron chi connectivity index (χ2n) is 3.32. The van der Waals surface area contributed by atoms with Gasteiger partial charge in [-0.3, -0.25) is 9.59 Å². The Balaban J connectivity index is 2.60. The van der Waals surface area contributed by atoms with Gasteiger partial charge in [0.2, 0.25) is 5.91 Å². The van der Waals surface area contributed by atoms with E-state index in [1.54, 1.807) is 31.3 Å². The fourth-order valence-corrected chi connectivity index (χ4v) is 1.26. The van der Waals surface area contributed by atoms with Gasteiger partial charge in [-0.2, -0.15) is 0 Å². The van der Waals surface area contributed by atoms with Crippen LogP contribution in [0, 0.1) is 0 Å². The van der Waals surface area contributed by atoms with Crippen molar-refractivity contribution in [1.29, 1.82) is 0 Å². The van der Waals surface area contributed by atoms with Crippen molar-refractivity contribution in [3.63, 3.8) is 0 Å². The molecular formula is C12H15NO3. The lowest BCUT2D eigenvalue weighted by molar-refractivity contribution is -0.121. The predicted molar refractivity (Wildman–Crippen MR) is 60.6 cm³/mol. The van der Waals surface area contributed by atoms with Gasteiger partial charge in [0, 0.05) is 7.05 Å². The number of benzene rings is 1. The predicted octanol–water partition coefficient (Wildman–Crippen LogP) is 1.40. The van der Waals surface area contributed by atoms with Crippen LogP contribution >= 0.6 is 0 Å². The number of Topliss-reactive ketones (excluding diaryl/α,β-unsaturated/α-hetero) is 1. The molecule has 1 aromatic rings. The number of hydrogen-bond donors (Lipinski definition) is 1. The molecule has 0 spiro atoms. The summed E-state index contributed by atoms with van der Waals surface area (Å²) in [6.45, 7) is 1.75. The van der Waals surface area contributed by atoms with Crippen molar-refractivity contribution < 1.29 is 14.3 Å². The zero-order chi connectivity index (χ0) is 12.0. The van der Waals surface area contributed by atoms with Crippen LogP contribution in [-0.2, 0) is 4.79 Å². The first-order valence-electron chi connectivity index (χ1n) is 5.08. The molecule has 0 heterocycles. The number of amides is 1. The maximum atomic E-state index is 11.3. The topological polar surface area (TPSA) is 55.4 Å². The van der Waals surface area contributed by atoms with Gasteiger partial charge in [0.15, 0.2) is 5.78 Å². The molecule has 1 rings (SSSR count). The van der Waals surface area contributed by atoms with E-state index in [0.29, 0.717) is 11.3 Å². The van der Waals surface area contributed by atoms with E-state index >= 15 is 0 Å². The molecule has 0 atom stereocenters. The Hall–Kier alpha value is -1.84. The van der Waals surface area contributed by atoms with Crippen LogP contribution in [0.1, 0.15) is 23.7 Å². The number of ketones is 1. The first kappa shape index (κ1) is 12.2. The van der Waals surface area contributed by atoms with E-state index in [-0.39, 0.29) is 24.7 Å². The van der Waals surface area contributed by atoms with Crippen molar-refractivity contribution in [1.82, 2.24) is 5.32 Å². The summed E-state index contributed by atoms with van der Waals surface area (Å²) in [5, 5.41) is 2.50. The summed E-state index contributed by atoms with van der Waals surface area (Å²) in [6, 6.07) is 7.00. The molecule has 4 nitrogen and oxygen atoms in total. The summed E-state index contributed by atoms with van der Waals surface area (Å²) in [6.07, 6.45) is 0.280. The van der Waals surface area contributed by atoms with Gasteiger partial charge in [0.1, 0.15) is 5.75 Å². The first-order chi connectivity index (χ1) is 7.65. The highest BCUT2D eigenvalue weighted by Gasteiger charge is 2.07. The Morgan fingerprint density at radius 3 is 2.62 bits per heavy atom. The quantitative estimate of drug-likeness (QED) is 0.765. The lowest BCUT2D eigenvalue weighted by Gasteiger charge is -2.08. The lowest BCUT2D eigenvalue weighted by Crippen LogP contribution is -2.20. The van der Waals surface area contributed by atoms with Crippen LogP contribution in [0.15, 0.2) is 24.3 Å². The highest BCUT2D eigenvalue weighted by Crippen LogP contribution is 2.18. The molecule has 0 unspecified atom stereocenters. The fraction of sp³-hybridized carbons (Fsp3) is 0.333. The number of ether oxygens (including phenoxy) is 1. The number of para-hydroxylation sites is 1. The van der Waals surface area contributed by atoms with Gasteiger partial charge in [-0.05, 0) is 19.1 Å². The molecule has 0 saturated carbocycles. The molecule has 0 aliphatic carbocycles. The van der Waals surface area contributed by atoms with Crippen molar-refractivity contribution >= 4 is 11.7 Å². The third kappa shape index (κ3) is 3.38. The van der Waals surface area contributed by atoms with E-state index in [1.807, 2.05) is 0 Å². The van der Waals surface area contributed by atoms with Crippen LogP contribution in [0.25, 0.3) is 0 Å². The summed E-state index contributed by atoms with van der Waals surface area (Å²) in [7, 11) is 1.58. The number of carbonyl (C=O) groups is 2. The molecule has 0 radical (unpaired) electrons. The molecule has 86 valence electrons. The Kier molecular flexibility index (Phi) is 4.51. The van der Waals surface area contributed by atoms with Crippen LogP contribution in [-0.4, -0.2) is 25.3 Å². The summed E-state index contributed by atoms with van der Waals surface area (Å²) in [5.41, 5.74) is 0.541. The van der Waals surface area contributed by atoms with Crippen LogP contribution in [0.3, 0.4) is 0 Å². The number of hydrogen-bond acceptors (Lipinski definition) is 3. The Morgan fingerprint density at radius 1 is 1.31 bits per heavy atom. The average molecular weight is 221 g/mol. The molecule has 1 amide bonds. The number of carbonyl (C=O) groups excluding carboxylic acids is 2. The molecule has 4 heteroatoms. The van der Waals surface area contributed by atoms with Gasteiger partial charge in [0.25, 0.3) is 0 Å². The molecule has 0 aromatic heterocycles. The molecule has 0 aliphatic heterocycles. The largest absolute Gasteiger partial charge is 0.492 e. The Labute approximate surface area is 94.6 Å². The van der Waals surface area contributed by atoms with Crippen molar-refractivity contribution in [3.8, 4) is 5.75 Å². The average Bonchev–Trinajstić information content (AvgIpc) is 2.29. The summed E-state index contributed by atoms with van der Waals surface area (Å²) in [4.78, 5) is 22.2. The van der Waals surface area contributed by atoms with Gasteiger partial charge < -0.3 is 10.1 Å². The molecule has 1 N–H and O–H groups in total. The highest BCUT2D eigenvalue weighted by atomic mass is 16.5.